The molecule has 1 aliphatic heterocycles. The molecule has 0 radical (unpaired) electrons. The molecule has 0 aromatic heterocycles. The van der Waals surface area contributed by atoms with E-state index in [9.17, 15) is 8.42 Å². The Morgan fingerprint density at radius 1 is 1.10 bits per heavy atom. The molecule has 0 aromatic rings. The molecular weight excluding hydrogens is 272 g/mol. The van der Waals surface area contributed by atoms with E-state index in [0.717, 1.165) is 32.4 Å². The molecule has 0 bridgehead atoms. The van der Waals surface area contributed by atoms with Gasteiger partial charge in [0, 0.05) is 6.54 Å². The maximum absolute atomic E-state index is 12.1. The van der Waals surface area contributed by atoms with E-state index < -0.39 is 10.0 Å². The molecule has 1 saturated heterocycles. The van der Waals surface area contributed by atoms with Gasteiger partial charge >= 0.3 is 0 Å². The lowest BCUT2D eigenvalue weighted by Crippen LogP contribution is -2.36. The Bertz CT molecular complexity index is 352. The van der Waals surface area contributed by atoms with E-state index in [2.05, 4.69) is 37.7 Å². The van der Waals surface area contributed by atoms with Crippen molar-refractivity contribution >= 4 is 10.0 Å². The van der Waals surface area contributed by atoms with Gasteiger partial charge in [0.05, 0.1) is 5.75 Å². The van der Waals surface area contributed by atoms with Crippen molar-refractivity contribution in [3.05, 3.63) is 0 Å². The lowest BCUT2D eigenvalue weighted by Gasteiger charge is -2.25. The fourth-order valence-electron chi connectivity index (χ4n) is 3.03. The molecule has 1 rings (SSSR count). The van der Waals surface area contributed by atoms with Crippen molar-refractivity contribution in [3.8, 4) is 0 Å². The average Bonchev–Trinajstić information content (AvgIpc) is 2.37. The summed E-state index contributed by atoms with van der Waals surface area (Å²) in [7, 11) is -3.11. The third kappa shape index (κ3) is 6.55. The molecule has 2 N–H and O–H groups in total. The summed E-state index contributed by atoms with van der Waals surface area (Å²) >= 11 is 0. The standard InChI is InChI=1S/C15H32N2O2S/c1-12(2)15(13(3)4)11-17-20(18,19)10-7-14-5-8-16-9-6-14/h12-17H,5-11H2,1-4H3. The van der Waals surface area contributed by atoms with E-state index in [4.69, 9.17) is 0 Å². The Hall–Kier alpha value is -0.130. The van der Waals surface area contributed by atoms with E-state index in [1.807, 2.05) is 0 Å². The fourth-order valence-corrected chi connectivity index (χ4v) is 4.26. The number of hydrogen-bond acceptors (Lipinski definition) is 3. The molecule has 5 heteroatoms. The van der Waals surface area contributed by atoms with Crippen LogP contribution in [0.3, 0.4) is 0 Å². The number of rotatable bonds is 8. The smallest absolute Gasteiger partial charge is 0.211 e. The topological polar surface area (TPSA) is 58.2 Å². The minimum absolute atomic E-state index is 0.278. The van der Waals surface area contributed by atoms with Crippen LogP contribution in [0, 0.1) is 23.7 Å². The molecule has 0 amide bonds. The summed E-state index contributed by atoms with van der Waals surface area (Å²) in [4.78, 5) is 0. The zero-order valence-corrected chi connectivity index (χ0v) is 14.3. The number of piperidine rings is 1. The largest absolute Gasteiger partial charge is 0.317 e. The lowest BCUT2D eigenvalue weighted by atomic mass is 9.86. The summed E-state index contributed by atoms with van der Waals surface area (Å²) in [5.41, 5.74) is 0. The molecule has 0 spiro atoms. The van der Waals surface area contributed by atoms with Crippen molar-refractivity contribution in [1.82, 2.24) is 10.0 Å². The normalized spacial score (nSPS) is 18.4. The van der Waals surface area contributed by atoms with Crippen LogP contribution in [-0.2, 0) is 10.0 Å². The Labute approximate surface area is 125 Å². The van der Waals surface area contributed by atoms with Gasteiger partial charge in [0.25, 0.3) is 0 Å². The van der Waals surface area contributed by atoms with Gasteiger partial charge in [0.2, 0.25) is 10.0 Å². The van der Waals surface area contributed by atoms with Crippen LogP contribution in [-0.4, -0.2) is 33.8 Å². The first-order chi connectivity index (χ1) is 9.32. The summed E-state index contributed by atoms with van der Waals surface area (Å²) < 4.78 is 27.0. The summed E-state index contributed by atoms with van der Waals surface area (Å²) in [6.45, 7) is 11.3. The van der Waals surface area contributed by atoms with Crippen LogP contribution in [0.5, 0.6) is 0 Å². The first-order valence-corrected chi connectivity index (χ1v) is 9.65. The molecular formula is C15H32N2O2S. The fraction of sp³-hybridized carbons (Fsp3) is 1.00. The van der Waals surface area contributed by atoms with Gasteiger partial charge in [-0.25, -0.2) is 13.1 Å². The molecule has 1 aliphatic rings. The number of nitrogens with one attached hydrogen (secondary N) is 2. The zero-order chi connectivity index (χ0) is 15.2. The lowest BCUT2D eigenvalue weighted by molar-refractivity contribution is 0.289. The molecule has 4 nitrogen and oxygen atoms in total. The van der Waals surface area contributed by atoms with Gasteiger partial charge in [-0.3, -0.25) is 0 Å². The van der Waals surface area contributed by atoms with Crippen molar-refractivity contribution < 1.29 is 8.42 Å². The van der Waals surface area contributed by atoms with Gasteiger partial charge in [-0.05, 0) is 56.0 Å². The van der Waals surface area contributed by atoms with Crippen molar-refractivity contribution in [1.29, 1.82) is 0 Å². The van der Waals surface area contributed by atoms with Crippen LogP contribution in [0.25, 0.3) is 0 Å². The van der Waals surface area contributed by atoms with Crippen LogP contribution in [0.2, 0.25) is 0 Å². The first-order valence-electron chi connectivity index (χ1n) is 8.00. The third-order valence-corrected chi connectivity index (χ3v) is 5.88. The molecule has 0 saturated carbocycles. The Balaban J connectivity index is 2.36. The Kier molecular flexibility index (Phi) is 7.48. The minimum atomic E-state index is -3.11. The average molecular weight is 305 g/mol. The van der Waals surface area contributed by atoms with Gasteiger partial charge in [0.15, 0.2) is 0 Å². The summed E-state index contributed by atoms with van der Waals surface area (Å²) in [5, 5.41) is 3.31. The summed E-state index contributed by atoms with van der Waals surface area (Å²) in [6.07, 6.45) is 3.01. The van der Waals surface area contributed by atoms with Crippen LogP contribution in [0.1, 0.15) is 47.0 Å². The second-order valence-electron chi connectivity index (χ2n) is 6.80. The molecule has 120 valence electrons. The predicted molar refractivity (Wildman–Crippen MR) is 85.2 cm³/mol. The van der Waals surface area contributed by atoms with Crippen LogP contribution in [0.4, 0.5) is 0 Å². The van der Waals surface area contributed by atoms with Crippen LogP contribution < -0.4 is 10.0 Å². The van der Waals surface area contributed by atoms with Crippen LogP contribution in [0.15, 0.2) is 0 Å². The van der Waals surface area contributed by atoms with Crippen LogP contribution >= 0.6 is 0 Å². The van der Waals surface area contributed by atoms with Gasteiger partial charge in [-0.2, -0.15) is 0 Å². The second kappa shape index (κ2) is 8.35. The van der Waals surface area contributed by atoms with Crippen molar-refractivity contribution in [2.75, 3.05) is 25.4 Å². The quantitative estimate of drug-likeness (QED) is 0.723. The highest BCUT2D eigenvalue weighted by Gasteiger charge is 2.21. The monoisotopic (exact) mass is 304 g/mol. The van der Waals surface area contributed by atoms with Gasteiger partial charge in [-0.1, -0.05) is 27.7 Å². The third-order valence-electron chi connectivity index (χ3n) is 4.51. The first kappa shape index (κ1) is 17.9. The Morgan fingerprint density at radius 3 is 2.15 bits per heavy atom. The van der Waals surface area contributed by atoms with E-state index in [-0.39, 0.29) is 5.75 Å². The molecule has 0 aromatic carbocycles. The SMILES string of the molecule is CC(C)C(CNS(=O)(=O)CCC1CCNCC1)C(C)C. The van der Waals surface area contributed by atoms with E-state index in [1.165, 1.54) is 0 Å². The predicted octanol–water partition coefficient (Wildman–Crippen LogP) is 2.22. The zero-order valence-electron chi connectivity index (χ0n) is 13.5. The maximum Gasteiger partial charge on any atom is 0.211 e. The summed E-state index contributed by atoms with van der Waals surface area (Å²) in [5.74, 6) is 2.26. The van der Waals surface area contributed by atoms with Gasteiger partial charge in [0.1, 0.15) is 0 Å². The maximum atomic E-state index is 12.1. The van der Waals surface area contributed by atoms with E-state index >= 15 is 0 Å². The molecule has 0 unspecified atom stereocenters. The molecule has 0 aliphatic carbocycles. The highest BCUT2D eigenvalue weighted by Crippen LogP contribution is 2.20. The minimum Gasteiger partial charge on any atom is -0.317 e. The van der Waals surface area contributed by atoms with Crippen molar-refractivity contribution in [2.24, 2.45) is 23.7 Å². The van der Waals surface area contributed by atoms with Gasteiger partial charge < -0.3 is 5.32 Å². The number of hydrogen-bond donors (Lipinski definition) is 2. The molecule has 20 heavy (non-hydrogen) atoms. The highest BCUT2D eigenvalue weighted by atomic mass is 32.2. The van der Waals surface area contributed by atoms with Crippen molar-refractivity contribution in [3.63, 3.8) is 0 Å². The summed E-state index contributed by atoms with van der Waals surface area (Å²) in [6, 6.07) is 0. The van der Waals surface area contributed by atoms with Gasteiger partial charge in [-0.15, -0.1) is 0 Å². The molecule has 1 fully saturated rings. The number of sulfonamides is 1. The second-order valence-corrected chi connectivity index (χ2v) is 8.73. The van der Waals surface area contributed by atoms with E-state index in [0.29, 0.717) is 30.2 Å². The van der Waals surface area contributed by atoms with Crippen molar-refractivity contribution in [2.45, 2.75) is 47.0 Å². The molecule has 1 heterocycles. The van der Waals surface area contributed by atoms with E-state index in [1.54, 1.807) is 0 Å². The molecule has 0 atom stereocenters. The Morgan fingerprint density at radius 2 is 1.65 bits per heavy atom. The highest BCUT2D eigenvalue weighted by molar-refractivity contribution is 7.89.